The molecule has 0 bridgehead atoms. The Bertz CT molecular complexity index is 1650. The smallest absolute Gasteiger partial charge is 0.137 e. The van der Waals surface area contributed by atoms with Gasteiger partial charge in [-0.3, -0.25) is 9.80 Å². The van der Waals surface area contributed by atoms with Crippen molar-refractivity contribution < 1.29 is 18.3 Å². The number of rotatable bonds is 9. The van der Waals surface area contributed by atoms with Crippen LogP contribution in [-0.4, -0.2) is 66.5 Å². The second kappa shape index (κ2) is 11.7. The Morgan fingerprint density at radius 3 is 2.36 bits per heavy atom. The fourth-order valence-electron chi connectivity index (χ4n) is 6.06. The highest BCUT2D eigenvalue weighted by Gasteiger charge is 2.42. The summed E-state index contributed by atoms with van der Waals surface area (Å²) in [6.07, 6.45) is 5.02. The molecule has 3 heterocycles. The van der Waals surface area contributed by atoms with E-state index in [-0.39, 0.29) is 17.9 Å². The molecule has 1 fully saturated rings. The number of piperazine rings is 1. The van der Waals surface area contributed by atoms with Crippen LogP contribution < -0.4 is 0 Å². The zero-order chi connectivity index (χ0) is 29.3. The Hall–Kier alpha value is -3.99. The molecule has 10 heteroatoms. The molecule has 0 amide bonds. The highest BCUT2D eigenvalue weighted by molar-refractivity contribution is 5.84. The van der Waals surface area contributed by atoms with Gasteiger partial charge in [0.1, 0.15) is 35.7 Å². The topological polar surface area (TPSA) is 62.4 Å². The maximum absolute atomic E-state index is 15.0. The molecule has 1 saturated heterocycles. The summed E-state index contributed by atoms with van der Waals surface area (Å²) in [4.78, 5) is 8.48. The fraction of sp³-hybridized carbons (Fsp3) is 0.312. The van der Waals surface area contributed by atoms with Crippen molar-refractivity contribution in [1.29, 1.82) is 0 Å². The van der Waals surface area contributed by atoms with Crippen LogP contribution in [0.2, 0.25) is 0 Å². The van der Waals surface area contributed by atoms with E-state index in [1.54, 1.807) is 0 Å². The molecule has 0 aliphatic carbocycles. The van der Waals surface area contributed by atoms with E-state index in [2.05, 4.69) is 42.8 Å². The zero-order valence-corrected chi connectivity index (χ0v) is 23.4. The first-order chi connectivity index (χ1) is 20.3. The number of aromatic nitrogens is 4. The largest absolute Gasteiger partial charge is 0.381 e. The average molecular weight is 575 g/mol. The first-order valence-electron chi connectivity index (χ1n) is 14.1. The van der Waals surface area contributed by atoms with Gasteiger partial charge in [-0.15, -0.1) is 0 Å². The van der Waals surface area contributed by atoms with E-state index in [9.17, 15) is 13.9 Å². The lowest BCUT2D eigenvalue weighted by Crippen LogP contribution is -2.57. The molecule has 6 rings (SSSR count). The third-order valence-electron chi connectivity index (χ3n) is 8.44. The molecule has 0 saturated carbocycles. The molecular formula is C32H33F3N6O. The van der Waals surface area contributed by atoms with E-state index in [1.807, 2.05) is 31.2 Å². The summed E-state index contributed by atoms with van der Waals surface area (Å²) in [5.74, 6) is -1.73. The molecule has 2 atom stereocenters. The number of nitrogens with zero attached hydrogens (tertiary/aromatic N) is 6. The van der Waals surface area contributed by atoms with Crippen LogP contribution in [0.25, 0.3) is 10.9 Å². The number of halogens is 3. The molecule has 0 unspecified atom stereocenters. The first-order valence-corrected chi connectivity index (χ1v) is 14.1. The maximum Gasteiger partial charge on any atom is 0.137 e. The zero-order valence-electron chi connectivity index (χ0n) is 23.4. The van der Waals surface area contributed by atoms with E-state index in [1.165, 1.54) is 52.6 Å². The standard InChI is InChI=1S/C32H33F3N6O/c1-23(32(42,20-41-22-36-21-37-41)29-11-10-27(34)16-30(29)35)39-14-12-38(13-15-39)18-25-19-40(31-5-3-2-4-28(25)31)17-24-6-8-26(33)9-7-24/h2-11,16,19,21-23,42H,12-15,17-18,20H2,1H3/t23-,32-/m1/s1. The third-order valence-corrected chi connectivity index (χ3v) is 8.44. The third kappa shape index (κ3) is 5.70. The van der Waals surface area contributed by atoms with Crippen molar-refractivity contribution in [2.45, 2.75) is 38.2 Å². The van der Waals surface area contributed by atoms with Gasteiger partial charge >= 0.3 is 0 Å². The second-order valence-electron chi connectivity index (χ2n) is 11.1. The van der Waals surface area contributed by atoms with Gasteiger partial charge in [0.2, 0.25) is 0 Å². The molecule has 1 aliphatic heterocycles. The number of hydrogen-bond acceptors (Lipinski definition) is 5. The molecule has 0 radical (unpaired) electrons. The van der Waals surface area contributed by atoms with Crippen LogP contribution in [0.3, 0.4) is 0 Å². The number of fused-ring (bicyclic) bond motifs is 1. The van der Waals surface area contributed by atoms with Crippen LogP contribution in [0.4, 0.5) is 13.2 Å². The van der Waals surface area contributed by atoms with E-state index in [4.69, 9.17) is 0 Å². The predicted molar refractivity (Wildman–Crippen MR) is 154 cm³/mol. The van der Waals surface area contributed by atoms with E-state index >= 15 is 4.39 Å². The van der Waals surface area contributed by atoms with Crippen molar-refractivity contribution in [3.8, 4) is 0 Å². The quantitative estimate of drug-likeness (QED) is 0.274. The van der Waals surface area contributed by atoms with Gasteiger partial charge in [0.05, 0.1) is 6.54 Å². The SMILES string of the molecule is C[C@@H](N1CCN(Cc2cn(Cc3ccc(F)cc3)c3ccccc23)CC1)[C@](O)(Cn1cncn1)c1ccc(F)cc1F. The Balaban J connectivity index is 1.18. The summed E-state index contributed by atoms with van der Waals surface area (Å²) in [6, 6.07) is 17.7. The average Bonchev–Trinajstić information content (AvgIpc) is 3.62. The lowest BCUT2D eigenvalue weighted by molar-refractivity contribution is -0.0743. The van der Waals surface area contributed by atoms with Gasteiger partial charge in [-0.1, -0.05) is 36.4 Å². The van der Waals surface area contributed by atoms with Crippen molar-refractivity contribution >= 4 is 10.9 Å². The van der Waals surface area contributed by atoms with Crippen LogP contribution in [0.1, 0.15) is 23.6 Å². The molecular weight excluding hydrogens is 541 g/mol. The van der Waals surface area contributed by atoms with Gasteiger partial charge in [-0.05, 0) is 42.3 Å². The summed E-state index contributed by atoms with van der Waals surface area (Å²) in [6.45, 7) is 6.10. The van der Waals surface area contributed by atoms with Crippen LogP contribution >= 0.6 is 0 Å². The number of para-hydroxylation sites is 1. The van der Waals surface area contributed by atoms with Gasteiger partial charge < -0.3 is 9.67 Å². The predicted octanol–water partition coefficient (Wildman–Crippen LogP) is 4.79. The summed E-state index contributed by atoms with van der Waals surface area (Å²) in [5, 5.41) is 17.3. The molecule has 5 aromatic rings. The minimum Gasteiger partial charge on any atom is -0.381 e. The molecule has 42 heavy (non-hydrogen) atoms. The van der Waals surface area contributed by atoms with Crippen LogP contribution in [0.5, 0.6) is 0 Å². The van der Waals surface area contributed by atoms with Crippen molar-refractivity contribution in [2.24, 2.45) is 0 Å². The number of hydrogen-bond donors (Lipinski definition) is 1. The molecule has 0 spiro atoms. The molecule has 3 aromatic carbocycles. The Labute approximate surface area is 242 Å². The number of benzene rings is 3. The molecule has 1 aliphatic rings. The van der Waals surface area contributed by atoms with E-state index in [0.717, 1.165) is 36.8 Å². The molecule has 2 aromatic heterocycles. The van der Waals surface area contributed by atoms with Crippen molar-refractivity contribution in [3.05, 3.63) is 120 Å². The monoisotopic (exact) mass is 574 g/mol. The summed E-state index contributed by atoms with van der Waals surface area (Å²) < 4.78 is 45.8. The first kappa shape index (κ1) is 28.1. The van der Waals surface area contributed by atoms with Gasteiger partial charge in [0.15, 0.2) is 0 Å². The van der Waals surface area contributed by atoms with Crippen molar-refractivity contribution in [1.82, 2.24) is 29.1 Å². The van der Waals surface area contributed by atoms with E-state index in [0.29, 0.717) is 19.6 Å². The van der Waals surface area contributed by atoms with Gasteiger partial charge in [-0.25, -0.2) is 22.8 Å². The van der Waals surface area contributed by atoms with Crippen molar-refractivity contribution in [2.75, 3.05) is 26.2 Å². The molecule has 218 valence electrons. The summed E-state index contributed by atoms with van der Waals surface area (Å²) >= 11 is 0. The van der Waals surface area contributed by atoms with Crippen LogP contribution in [0, 0.1) is 17.5 Å². The minimum atomic E-state index is -1.67. The van der Waals surface area contributed by atoms with Crippen molar-refractivity contribution in [3.63, 3.8) is 0 Å². The maximum atomic E-state index is 15.0. The van der Waals surface area contributed by atoms with Gasteiger partial charge in [-0.2, -0.15) is 5.10 Å². The lowest BCUT2D eigenvalue weighted by atomic mass is 9.85. The summed E-state index contributed by atoms with van der Waals surface area (Å²) in [7, 11) is 0. The van der Waals surface area contributed by atoms with Crippen LogP contribution in [-0.2, 0) is 25.2 Å². The number of aliphatic hydroxyl groups is 1. The highest BCUT2D eigenvalue weighted by Crippen LogP contribution is 2.33. The summed E-state index contributed by atoms with van der Waals surface area (Å²) in [5.41, 5.74) is 1.74. The Kier molecular flexibility index (Phi) is 7.85. The van der Waals surface area contributed by atoms with Crippen LogP contribution in [0.15, 0.2) is 85.6 Å². The highest BCUT2D eigenvalue weighted by atomic mass is 19.1. The second-order valence-corrected chi connectivity index (χ2v) is 11.1. The molecule has 7 nitrogen and oxygen atoms in total. The van der Waals surface area contributed by atoms with Gasteiger partial charge in [0, 0.05) is 74.0 Å². The Morgan fingerprint density at radius 1 is 0.905 bits per heavy atom. The minimum absolute atomic E-state index is 0.0233. The van der Waals surface area contributed by atoms with E-state index < -0.39 is 23.3 Å². The molecule has 1 N–H and O–H groups in total. The fourth-order valence-corrected chi connectivity index (χ4v) is 6.06. The lowest BCUT2D eigenvalue weighted by Gasteiger charge is -2.45. The Morgan fingerprint density at radius 2 is 1.64 bits per heavy atom. The normalized spacial score (nSPS) is 17.0. The van der Waals surface area contributed by atoms with Gasteiger partial charge in [0.25, 0.3) is 0 Å².